The van der Waals surface area contributed by atoms with Crippen molar-refractivity contribution in [3.63, 3.8) is 0 Å². The van der Waals surface area contributed by atoms with Gasteiger partial charge in [0.1, 0.15) is 11.6 Å². The minimum Gasteiger partial charge on any atom is -0.496 e. The van der Waals surface area contributed by atoms with E-state index in [2.05, 4.69) is 5.32 Å². The number of hydrogen-bond acceptors (Lipinski definition) is 3. The maximum Gasteiger partial charge on any atom is 0.317 e. The molecule has 1 aromatic rings. The van der Waals surface area contributed by atoms with Gasteiger partial charge < -0.3 is 19.9 Å². The number of hydrogen-bond donors (Lipinski definition) is 1. The largest absolute Gasteiger partial charge is 0.496 e. The van der Waals surface area contributed by atoms with Crippen molar-refractivity contribution in [3.8, 4) is 5.75 Å². The van der Waals surface area contributed by atoms with Crippen LogP contribution in [-0.2, 0) is 0 Å². The number of benzene rings is 1. The van der Waals surface area contributed by atoms with E-state index >= 15 is 0 Å². The molecule has 6 nitrogen and oxygen atoms in total. The number of rotatable bonds is 4. The Labute approximate surface area is 135 Å². The van der Waals surface area contributed by atoms with Gasteiger partial charge in [0.2, 0.25) is 0 Å². The van der Waals surface area contributed by atoms with E-state index in [-0.39, 0.29) is 17.5 Å². The number of amides is 3. The maximum atomic E-state index is 13.4. The van der Waals surface area contributed by atoms with Gasteiger partial charge in [-0.05, 0) is 24.6 Å². The molecule has 3 amide bonds. The van der Waals surface area contributed by atoms with E-state index in [0.717, 1.165) is 6.42 Å². The number of nitrogens with one attached hydrogen (secondary N) is 1. The second-order valence-corrected chi connectivity index (χ2v) is 5.36. The van der Waals surface area contributed by atoms with Crippen molar-refractivity contribution in [2.24, 2.45) is 0 Å². The summed E-state index contributed by atoms with van der Waals surface area (Å²) in [5.74, 6) is -0.416. The number of urea groups is 1. The summed E-state index contributed by atoms with van der Waals surface area (Å²) >= 11 is 0. The highest BCUT2D eigenvalue weighted by Gasteiger charge is 2.26. The lowest BCUT2D eigenvalue weighted by Gasteiger charge is -2.35. The molecular weight excluding hydrogens is 301 g/mol. The molecule has 0 bridgehead atoms. The molecule has 126 valence electrons. The summed E-state index contributed by atoms with van der Waals surface area (Å²) in [6.07, 6.45) is 0.879. The fourth-order valence-corrected chi connectivity index (χ4v) is 2.47. The van der Waals surface area contributed by atoms with Crippen LogP contribution in [0.15, 0.2) is 18.2 Å². The molecule has 1 aliphatic heterocycles. The first-order valence-electron chi connectivity index (χ1n) is 7.72. The van der Waals surface area contributed by atoms with Crippen molar-refractivity contribution in [1.29, 1.82) is 0 Å². The van der Waals surface area contributed by atoms with Gasteiger partial charge in [-0.1, -0.05) is 6.92 Å². The van der Waals surface area contributed by atoms with Crippen LogP contribution in [-0.4, -0.2) is 61.6 Å². The van der Waals surface area contributed by atoms with Crippen LogP contribution in [0.4, 0.5) is 9.18 Å². The summed E-state index contributed by atoms with van der Waals surface area (Å²) in [4.78, 5) is 27.7. The van der Waals surface area contributed by atoms with Crippen molar-refractivity contribution in [2.45, 2.75) is 13.3 Å². The number of carbonyl (C=O) groups is 2. The summed E-state index contributed by atoms with van der Waals surface area (Å²) in [5, 5.41) is 2.82. The molecule has 0 saturated carbocycles. The third-order valence-electron chi connectivity index (χ3n) is 3.77. The smallest absolute Gasteiger partial charge is 0.317 e. The molecule has 1 aromatic carbocycles. The normalized spacial score (nSPS) is 14.6. The number of piperazine rings is 1. The van der Waals surface area contributed by atoms with Crippen LogP contribution in [0, 0.1) is 5.82 Å². The zero-order valence-electron chi connectivity index (χ0n) is 13.5. The van der Waals surface area contributed by atoms with Crippen LogP contribution in [0.2, 0.25) is 0 Å². The van der Waals surface area contributed by atoms with Crippen molar-refractivity contribution in [3.05, 3.63) is 29.6 Å². The van der Waals surface area contributed by atoms with Crippen molar-refractivity contribution in [2.75, 3.05) is 39.8 Å². The molecule has 1 N–H and O–H groups in total. The fraction of sp³-hybridized carbons (Fsp3) is 0.500. The Morgan fingerprint density at radius 3 is 2.48 bits per heavy atom. The Balaban J connectivity index is 1.99. The summed E-state index contributed by atoms with van der Waals surface area (Å²) < 4.78 is 18.5. The molecule has 1 heterocycles. The van der Waals surface area contributed by atoms with Gasteiger partial charge in [0.05, 0.1) is 12.7 Å². The Hall–Kier alpha value is -2.31. The van der Waals surface area contributed by atoms with Crippen molar-refractivity contribution in [1.82, 2.24) is 15.1 Å². The van der Waals surface area contributed by atoms with E-state index in [0.29, 0.717) is 38.5 Å². The summed E-state index contributed by atoms with van der Waals surface area (Å²) in [6.45, 7) is 4.37. The second-order valence-electron chi connectivity index (χ2n) is 5.36. The van der Waals surface area contributed by atoms with Crippen LogP contribution in [0.5, 0.6) is 5.75 Å². The molecule has 0 aromatic heterocycles. The zero-order valence-corrected chi connectivity index (χ0v) is 13.5. The predicted molar refractivity (Wildman–Crippen MR) is 84.1 cm³/mol. The lowest BCUT2D eigenvalue weighted by Crippen LogP contribution is -2.53. The number of ether oxygens (including phenoxy) is 1. The van der Waals surface area contributed by atoms with E-state index in [1.54, 1.807) is 9.80 Å². The first-order chi connectivity index (χ1) is 11.1. The molecule has 1 fully saturated rings. The minimum atomic E-state index is -0.480. The third kappa shape index (κ3) is 4.12. The van der Waals surface area contributed by atoms with Gasteiger partial charge in [-0.15, -0.1) is 0 Å². The molecule has 0 spiro atoms. The molecule has 0 aliphatic carbocycles. The number of halogens is 1. The van der Waals surface area contributed by atoms with Crippen LogP contribution >= 0.6 is 0 Å². The molecule has 23 heavy (non-hydrogen) atoms. The van der Waals surface area contributed by atoms with Gasteiger partial charge in [-0.2, -0.15) is 0 Å². The van der Waals surface area contributed by atoms with Crippen LogP contribution < -0.4 is 10.1 Å². The number of methoxy groups -OCH3 is 1. The Morgan fingerprint density at radius 2 is 1.87 bits per heavy atom. The van der Waals surface area contributed by atoms with Crippen LogP contribution in [0.3, 0.4) is 0 Å². The summed E-state index contributed by atoms with van der Waals surface area (Å²) in [5.41, 5.74) is 0.205. The lowest BCUT2D eigenvalue weighted by molar-refractivity contribution is 0.0661. The first kappa shape index (κ1) is 17.1. The lowest BCUT2D eigenvalue weighted by atomic mass is 10.1. The summed E-state index contributed by atoms with van der Waals surface area (Å²) in [7, 11) is 1.44. The van der Waals surface area contributed by atoms with Gasteiger partial charge in [0, 0.05) is 32.7 Å². The number of nitrogens with zero attached hydrogens (tertiary/aromatic N) is 2. The SMILES string of the molecule is CCCNC(=O)N1CCN(C(=O)c2cc(F)ccc2OC)CC1. The molecule has 2 rings (SSSR count). The van der Waals surface area contributed by atoms with E-state index in [9.17, 15) is 14.0 Å². The Bertz CT molecular complexity index is 572. The average molecular weight is 323 g/mol. The minimum absolute atomic E-state index is 0.109. The maximum absolute atomic E-state index is 13.4. The molecule has 1 aliphatic rings. The van der Waals surface area contributed by atoms with Crippen molar-refractivity contribution >= 4 is 11.9 Å². The van der Waals surface area contributed by atoms with E-state index in [1.807, 2.05) is 6.92 Å². The fourth-order valence-electron chi connectivity index (χ4n) is 2.47. The Morgan fingerprint density at radius 1 is 1.22 bits per heavy atom. The highest BCUT2D eigenvalue weighted by Crippen LogP contribution is 2.21. The van der Waals surface area contributed by atoms with E-state index < -0.39 is 5.82 Å². The number of carbonyl (C=O) groups excluding carboxylic acids is 2. The second kappa shape index (κ2) is 7.80. The monoisotopic (exact) mass is 323 g/mol. The zero-order chi connectivity index (χ0) is 16.8. The summed E-state index contributed by atoms with van der Waals surface area (Å²) in [6, 6.07) is 3.77. The quantitative estimate of drug-likeness (QED) is 0.917. The molecule has 0 radical (unpaired) electrons. The third-order valence-corrected chi connectivity index (χ3v) is 3.77. The van der Waals surface area contributed by atoms with E-state index in [1.165, 1.54) is 25.3 Å². The molecule has 0 atom stereocenters. The van der Waals surface area contributed by atoms with Crippen molar-refractivity contribution < 1.29 is 18.7 Å². The average Bonchev–Trinajstić information content (AvgIpc) is 2.59. The van der Waals surface area contributed by atoms with Crippen LogP contribution in [0.25, 0.3) is 0 Å². The highest BCUT2D eigenvalue weighted by molar-refractivity contribution is 5.97. The Kier molecular flexibility index (Phi) is 5.78. The molecular formula is C16H22FN3O3. The van der Waals surface area contributed by atoms with Crippen LogP contribution in [0.1, 0.15) is 23.7 Å². The van der Waals surface area contributed by atoms with E-state index in [4.69, 9.17) is 4.74 Å². The molecule has 7 heteroatoms. The van der Waals surface area contributed by atoms with Gasteiger partial charge in [-0.25, -0.2) is 9.18 Å². The molecule has 0 unspecified atom stereocenters. The first-order valence-corrected chi connectivity index (χ1v) is 7.72. The van der Waals surface area contributed by atoms with Gasteiger partial charge in [0.15, 0.2) is 0 Å². The predicted octanol–water partition coefficient (Wildman–Crippen LogP) is 1.71. The van der Waals surface area contributed by atoms with Gasteiger partial charge in [-0.3, -0.25) is 4.79 Å². The van der Waals surface area contributed by atoms with Gasteiger partial charge in [0.25, 0.3) is 5.91 Å². The highest BCUT2D eigenvalue weighted by atomic mass is 19.1. The topological polar surface area (TPSA) is 61.9 Å². The molecule has 1 saturated heterocycles. The van der Waals surface area contributed by atoms with Gasteiger partial charge >= 0.3 is 6.03 Å². The standard InChI is InChI=1S/C16H22FN3O3/c1-3-6-18-16(22)20-9-7-19(8-10-20)15(21)13-11-12(17)4-5-14(13)23-2/h4-5,11H,3,6-10H2,1-2H3,(H,18,22).